The van der Waals surface area contributed by atoms with E-state index < -0.39 is 0 Å². The van der Waals surface area contributed by atoms with Gasteiger partial charge in [0.15, 0.2) is 0 Å². The Balaban J connectivity index is 2.07. The van der Waals surface area contributed by atoms with Crippen LogP contribution in [0.3, 0.4) is 0 Å². The fraction of sp³-hybridized carbons (Fsp3) is 0.462. The van der Waals surface area contributed by atoms with Crippen molar-refractivity contribution in [3.05, 3.63) is 26.8 Å². The first-order valence-corrected chi connectivity index (χ1v) is 7.91. The second-order valence-corrected chi connectivity index (χ2v) is 6.26. The molecule has 0 unspecified atom stereocenters. The molecule has 0 atom stereocenters. The van der Waals surface area contributed by atoms with E-state index >= 15 is 0 Å². The molecule has 0 aliphatic heterocycles. The molecule has 104 valence electrons. The van der Waals surface area contributed by atoms with Gasteiger partial charge < -0.3 is 5.32 Å². The van der Waals surface area contributed by atoms with Gasteiger partial charge in [-0.05, 0) is 53.6 Å². The van der Waals surface area contributed by atoms with Crippen LogP contribution < -0.4 is 16.6 Å². The number of nitrogens with two attached hydrogens (primary N) is 1. The maximum Gasteiger partial charge on any atom is 0.210 e. The molecule has 1 saturated carbocycles. The zero-order valence-electron chi connectivity index (χ0n) is 10.6. The number of hydrazine groups is 1. The van der Waals surface area contributed by atoms with Gasteiger partial charge >= 0.3 is 0 Å². The van der Waals surface area contributed by atoms with Crippen LogP contribution in [0, 0.1) is 3.57 Å². The Kier molecular flexibility index (Phi) is 5.72. The minimum Gasteiger partial charge on any atom is -0.324 e. The lowest BCUT2D eigenvalue weighted by Crippen LogP contribution is -2.37. The highest BCUT2D eigenvalue weighted by molar-refractivity contribution is 14.1. The van der Waals surface area contributed by atoms with Gasteiger partial charge in [0.2, 0.25) is 5.96 Å². The first kappa shape index (κ1) is 14.9. The van der Waals surface area contributed by atoms with Gasteiger partial charge in [-0.1, -0.05) is 30.9 Å². The van der Waals surface area contributed by atoms with Crippen LogP contribution in [0.5, 0.6) is 0 Å². The number of nitrogens with one attached hydrogen (secondary N) is 2. The van der Waals surface area contributed by atoms with Gasteiger partial charge in [-0.3, -0.25) is 5.43 Å². The molecule has 4 N–H and O–H groups in total. The number of rotatable bonds is 2. The summed E-state index contributed by atoms with van der Waals surface area (Å²) >= 11 is 8.18. The molecule has 0 aromatic heterocycles. The summed E-state index contributed by atoms with van der Waals surface area (Å²) in [6.07, 6.45) is 6.12. The van der Waals surface area contributed by atoms with Gasteiger partial charge in [-0.15, -0.1) is 0 Å². The molecule has 1 aliphatic carbocycles. The summed E-state index contributed by atoms with van der Waals surface area (Å²) < 4.78 is 1.04. The summed E-state index contributed by atoms with van der Waals surface area (Å²) in [5, 5.41) is 3.94. The smallest absolute Gasteiger partial charge is 0.210 e. The molecule has 6 heteroatoms. The zero-order valence-corrected chi connectivity index (χ0v) is 13.5. The van der Waals surface area contributed by atoms with Crippen LogP contribution in [0.25, 0.3) is 0 Å². The van der Waals surface area contributed by atoms with Crippen molar-refractivity contribution in [1.29, 1.82) is 0 Å². The highest BCUT2D eigenvalue weighted by Crippen LogP contribution is 2.23. The maximum atomic E-state index is 5.94. The lowest BCUT2D eigenvalue weighted by Gasteiger charge is -2.19. The van der Waals surface area contributed by atoms with E-state index in [0.717, 1.165) is 27.1 Å². The van der Waals surface area contributed by atoms with Gasteiger partial charge in [-0.2, -0.15) is 0 Å². The number of anilines is 1. The molecule has 2 rings (SSSR count). The van der Waals surface area contributed by atoms with E-state index in [0.29, 0.717) is 12.0 Å². The summed E-state index contributed by atoms with van der Waals surface area (Å²) in [6, 6.07) is 6.05. The van der Waals surface area contributed by atoms with E-state index in [-0.39, 0.29) is 0 Å². The molecule has 0 spiro atoms. The third kappa shape index (κ3) is 4.50. The number of nitrogens with zero attached hydrogens (tertiary/aromatic N) is 1. The topological polar surface area (TPSA) is 62.4 Å². The molecule has 0 amide bonds. The van der Waals surface area contributed by atoms with Crippen molar-refractivity contribution >= 4 is 45.8 Å². The molecule has 0 heterocycles. The fourth-order valence-corrected chi connectivity index (χ4v) is 3.22. The van der Waals surface area contributed by atoms with Crippen molar-refractivity contribution in [2.75, 3.05) is 5.32 Å². The van der Waals surface area contributed by atoms with E-state index in [1.807, 2.05) is 18.2 Å². The molecule has 1 aliphatic rings. The number of guanidine groups is 1. The lowest BCUT2D eigenvalue weighted by atomic mass is 9.96. The Morgan fingerprint density at radius 1 is 1.32 bits per heavy atom. The fourth-order valence-electron chi connectivity index (χ4n) is 2.22. The quantitative estimate of drug-likeness (QED) is 0.237. The van der Waals surface area contributed by atoms with Gasteiger partial charge in [0, 0.05) is 8.59 Å². The van der Waals surface area contributed by atoms with Crippen molar-refractivity contribution in [2.45, 2.75) is 38.1 Å². The number of aliphatic imine (C=N–C) groups is 1. The van der Waals surface area contributed by atoms with Crippen molar-refractivity contribution in [2.24, 2.45) is 10.8 Å². The van der Waals surface area contributed by atoms with Crippen molar-refractivity contribution in [1.82, 2.24) is 5.43 Å². The van der Waals surface area contributed by atoms with Crippen molar-refractivity contribution in [3.63, 3.8) is 0 Å². The number of halogens is 2. The average Bonchev–Trinajstić information content (AvgIpc) is 2.42. The summed E-state index contributed by atoms with van der Waals surface area (Å²) in [7, 11) is 0. The van der Waals surface area contributed by atoms with Crippen LogP contribution in [0.2, 0.25) is 5.02 Å². The maximum absolute atomic E-state index is 5.94. The van der Waals surface area contributed by atoms with Crippen molar-refractivity contribution in [3.8, 4) is 0 Å². The molecule has 4 nitrogen and oxygen atoms in total. The summed E-state index contributed by atoms with van der Waals surface area (Å²) in [5.41, 5.74) is 3.60. The highest BCUT2D eigenvalue weighted by Gasteiger charge is 2.13. The Hall–Kier alpha value is -0.530. The Bertz CT molecular complexity index is 458. The largest absolute Gasteiger partial charge is 0.324 e. The molecule has 1 fully saturated rings. The van der Waals surface area contributed by atoms with Crippen LogP contribution in [0.15, 0.2) is 23.2 Å². The van der Waals surface area contributed by atoms with Gasteiger partial charge in [-0.25, -0.2) is 10.8 Å². The molecule has 0 radical (unpaired) electrons. The summed E-state index contributed by atoms with van der Waals surface area (Å²) in [5.74, 6) is 6.16. The molecule has 0 saturated heterocycles. The van der Waals surface area contributed by atoms with Gasteiger partial charge in [0.05, 0.1) is 11.7 Å². The molecule has 0 bridgehead atoms. The van der Waals surface area contributed by atoms with Crippen LogP contribution in [-0.4, -0.2) is 12.0 Å². The Labute approximate surface area is 132 Å². The van der Waals surface area contributed by atoms with Crippen LogP contribution in [-0.2, 0) is 0 Å². The van der Waals surface area contributed by atoms with Crippen LogP contribution in [0.1, 0.15) is 32.1 Å². The predicted octanol–water partition coefficient (Wildman–Crippen LogP) is 3.51. The van der Waals surface area contributed by atoms with E-state index in [2.05, 4.69) is 38.3 Å². The monoisotopic (exact) mass is 392 g/mol. The lowest BCUT2D eigenvalue weighted by molar-refractivity contribution is 0.442. The van der Waals surface area contributed by atoms with E-state index in [9.17, 15) is 0 Å². The summed E-state index contributed by atoms with van der Waals surface area (Å²) in [6.45, 7) is 0. The number of hydrogen-bond donors (Lipinski definition) is 3. The molecule has 1 aromatic rings. The second kappa shape index (κ2) is 7.31. The van der Waals surface area contributed by atoms with Crippen LogP contribution >= 0.6 is 34.2 Å². The third-order valence-corrected chi connectivity index (χ3v) is 4.33. The normalized spacial score (nSPS) is 17.3. The summed E-state index contributed by atoms with van der Waals surface area (Å²) in [4.78, 5) is 4.65. The number of hydrogen-bond acceptors (Lipinski definition) is 2. The average molecular weight is 393 g/mol. The van der Waals surface area contributed by atoms with E-state index in [1.54, 1.807) is 0 Å². The van der Waals surface area contributed by atoms with Gasteiger partial charge in [0.25, 0.3) is 0 Å². The van der Waals surface area contributed by atoms with E-state index in [1.165, 1.54) is 19.3 Å². The Morgan fingerprint density at radius 2 is 2.05 bits per heavy atom. The first-order valence-electron chi connectivity index (χ1n) is 6.45. The Morgan fingerprint density at radius 3 is 2.68 bits per heavy atom. The zero-order chi connectivity index (χ0) is 13.7. The minimum absolute atomic E-state index is 0.372. The third-order valence-electron chi connectivity index (χ3n) is 3.21. The minimum atomic E-state index is 0.372. The standard InChI is InChI=1S/C13H18ClIN4/c14-9-6-7-12(11(15)8-9)18-13(19-16)17-10-4-2-1-3-5-10/h6-8,10H,1-5,16H2,(H2,17,18,19). The predicted molar refractivity (Wildman–Crippen MR) is 89.4 cm³/mol. The van der Waals surface area contributed by atoms with Gasteiger partial charge in [0.1, 0.15) is 0 Å². The molecule has 1 aromatic carbocycles. The van der Waals surface area contributed by atoms with E-state index in [4.69, 9.17) is 17.4 Å². The van der Waals surface area contributed by atoms with Crippen molar-refractivity contribution < 1.29 is 0 Å². The second-order valence-electron chi connectivity index (χ2n) is 4.66. The van der Waals surface area contributed by atoms with Crippen LogP contribution in [0.4, 0.5) is 5.69 Å². The SMILES string of the molecule is NNC(=NC1CCCCC1)Nc1ccc(Cl)cc1I. The number of benzene rings is 1. The highest BCUT2D eigenvalue weighted by atomic mass is 127. The molecule has 19 heavy (non-hydrogen) atoms. The first-order chi connectivity index (χ1) is 9.19. The molecular weight excluding hydrogens is 375 g/mol. The molecular formula is C13H18ClIN4.